The van der Waals surface area contributed by atoms with Crippen LogP contribution >= 0.6 is 0 Å². The Hall–Kier alpha value is -2.01. The van der Waals surface area contributed by atoms with Crippen LogP contribution in [0.3, 0.4) is 0 Å². The Bertz CT molecular complexity index is 563. The summed E-state index contributed by atoms with van der Waals surface area (Å²) in [7, 11) is 0. The van der Waals surface area contributed by atoms with Gasteiger partial charge in [-0.1, -0.05) is 18.2 Å². The van der Waals surface area contributed by atoms with E-state index in [9.17, 15) is 4.79 Å². The van der Waals surface area contributed by atoms with E-state index in [2.05, 4.69) is 34.7 Å². The van der Waals surface area contributed by atoms with Crippen LogP contribution in [0.25, 0.3) is 10.9 Å². The van der Waals surface area contributed by atoms with E-state index < -0.39 is 0 Å². The Labute approximate surface area is 112 Å². The molecule has 2 aromatic rings. The smallest absolute Gasteiger partial charge is 0.314 e. The lowest BCUT2D eigenvalue weighted by atomic mass is 10.1. The monoisotopic (exact) mass is 261 g/mol. The number of fused-ring (bicyclic) bond motifs is 1. The van der Waals surface area contributed by atoms with E-state index in [1.165, 1.54) is 16.5 Å². The summed E-state index contributed by atoms with van der Waals surface area (Å²) in [6.07, 6.45) is 2.76. The molecule has 4 N–H and O–H groups in total. The highest BCUT2D eigenvalue weighted by molar-refractivity contribution is 5.85. The topological polar surface area (TPSA) is 77.2 Å². The first-order valence-electron chi connectivity index (χ1n) is 6.40. The Kier molecular flexibility index (Phi) is 4.41. The van der Waals surface area contributed by atoms with Crippen molar-refractivity contribution in [3.63, 3.8) is 0 Å². The maximum Gasteiger partial charge on any atom is 0.314 e. The highest BCUT2D eigenvalue weighted by atomic mass is 16.3. The summed E-state index contributed by atoms with van der Waals surface area (Å²) < 4.78 is 0. The first-order valence-corrected chi connectivity index (χ1v) is 6.40. The lowest BCUT2D eigenvalue weighted by molar-refractivity contribution is 0.234. The third-order valence-electron chi connectivity index (χ3n) is 3.09. The van der Waals surface area contributed by atoms with Gasteiger partial charge in [0.1, 0.15) is 0 Å². The highest BCUT2D eigenvalue weighted by Gasteiger charge is 2.05. The van der Waals surface area contributed by atoms with Crippen LogP contribution in [-0.2, 0) is 6.42 Å². The SMILES string of the molecule is Cc1cccc2c(CCNC(=O)NCCO)c[nH]c12. The van der Waals surface area contributed by atoms with E-state index in [-0.39, 0.29) is 19.2 Å². The van der Waals surface area contributed by atoms with E-state index >= 15 is 0 Å². The normalized spacial score (nSPS) is 10.6. The minimum absolute atomic E-state index is 0.0465. The van der Waals surface area contributed by atoms with Crippen molar-refractivity contribution in [3.8, 4) is 0 Å². The average Bonchev–Trinajstić information content (AvgIpc) is 2.81. The molecular formula is C14H19N3O2. The summed E-state index contributed by atoms with van der Waals surface area (Å²) in [6, 6.07) is 5.95. The number of carbonyl (C=O) groups is 1. The fourth-order valence-electron chi connectivity index (χ4n) is 2.11. The second-order valence-corrected chi connectivity index (χ2v) is 4.47. The lowest BCUT2D eigenvalue weighted by Crippen LogP contribution is -2.37. The molecule has 0 aliphatic carbocycles. The van der Waals surface area contributed by atoms with Gasteiger partial charge >= 0.3 is 6.03 Å². The maximum absolute atomic E-state index is 11.3. The van der Waals surface area contributed by atoms with Gasteiger partial charge in [0.25, 0.3) is 0 Å². The molecule has 19 heavy (non-hydrogen) atoms. The molecule has 0 unspecified atom stereocenters. The molecule has 2 rings (SSSR count). The van der Waals surface area contributed by atoms with Crippen molar-refractivity contribution < 1.29 is 9.90 Å². The van der Waals surface area contributed by atoms with E-state index in [4.69, 9.17) is 5.11 Å². The zero-order valence-electron chi connectivity index (χ0n) is 11.0. The zero-order chi connectivity index (χ0) is 13.7. The summed E-state index contributed by atoms with van der Waals surface area (Å²) >= 11 is 0. The number of aliphatic hydroxyl groups is 1. The molecule has 102 valence electrons. The largest absolute Gasteiger partial charge is 0.395 e. The van der Waals surface area contributed by atoms with Crippen molar-refractivity contribution in [2.75, 3.05) is 19.7 Å². The van der Waals surface area contributed by atoms with Crippen LogP contribution in [-0.4, -0.2) is 35.8 Å². The standard InChI is InChI=1S/C14H19N3O2/c1-10-3-2-4-12-11(9-17-13(10)12)5-6-15-14(19)16-7-8-18/h2-4,9,17-18H,5-8H2,1H3,(H2,15,16,19). The molecule has 0 atom stereocenters. The molecular weight excluding hydrogens is 242 g/mol. The van der Waals surface area contributed by atoms with Gasteiger partial charge in [-0.3, -0.25) is 0 Å². The quantitative estimate of drug-likeness (QED) is 0.655. The van der Waals surface area contributed by atoms with Crippen LogP contribution in [0.2, 0.25) is 0 Å². The van der Waals surface area contributed by atoms with E-state index in [1.54, 1.807) is 0 Å². The first-order chi connectivity index (χ1) is 9.22. The number of H-pyrrole nitrogens is 1. The molecule has 0 saturated heterocycles. The highest BCUT2D eigenvalue weighted by Crippen LogP contribution is 2.21. The molecule has 0 radical (unpaired) electrons. The van der Waals surface area contributed by atoms with Gasteiger partial charge in [-0.15, -0.1) is 0 Å². The molecule has 1 aromatic carbocycles. The molecule has 1 aromatic heterocycles. The molecule has 0 spiro atoms. The summed E-state index contributed by atoms with van der Waals surface area (Å²) in [6.45, 7) is 2.87. The zero-order valence-corrected chi connectivity index (χ0v) is 11.0. The summed E-state index contributed by atoms with van der Waals surface area (Å²) in [5, 5.41) is 15.1. The molecule has 2 amide bonds. The Morgan fingerprint density at radius 3 is 2.89 bits per heavy atom. The molecule has 0 aliphatic heterocycles. The Balaban J connectivity index is 1.92. The first kappa shape index (κ1) is 13.4. The summed E-state index contributed by atoms with van der Waals surface area (Å²) in [5.41, 5.74) is 3.57. The van der Waals surface area contributed by atoms with Gasteiger partial charge < -0.3 is 20.7 Å². The molecule has 1 heterocycles. The Morgan fingerprint density at radius 1 is 1.32 bits per heavy atom. The van der Waals surface area contributed by atoms with Crippen molar-refractivity contribution >= 4 is 16.9 Å². The van der Waals surface area contributed by atoms with E-state index in [1.807, 2.05) is 12.3 Å². The molecule has 5 heteroatoms. The van der Waals surface area contributed by atoms with Gasteiger partial charge in [0.2, 0.25) is 0 Å². The van der Waals surface area contributed by atoms with Crippen molar-refractivity contribution in [2.45, 2.75) is 13.3 Å². The van der Waals surface area contributed by atoms with Crippen molar-refractivity contribution in [2.24, 2.45) is 0 Å². The average molecular weight is 261 g/mol. The molecule has 0 aliphatic rings. The van der Waals surface area contributed by atoms with Crippen LogP contribution in [0.5, 0.6) is 0 Å². The summed E-state index contributed by atoms with van der Waals surface area (Å²) in [5.74, 6) is 0. The minimum Gasteiger partial charge on any atom is -0.395 e. The second kappa shape index (κ2) is 6.24. The third-order valence-corrected chi connectivity index (χ3v) is 3.09. The molecule has 5 nitrogen and oxygen atoms in total. The number of amides is 2. The molecule has 0 bridgehead atoms. The Morgan fingerprint density at radius 2 is 2.11 bits per heavy atom. The predicted octanol–water partition coefficient (Wildman–Crippen LogP) is 1.31. The van der Waals surface area contributed by atoms with Crippen molar-refractivity contribution in [1.29, 1.82) is 0 Å². The number of rotatable bonds is 5. The number of hydrogen-bond acceptors (Lipinski definition) is 2. The van der Waals surface area contributed by atoms with Crippen molar-refractivity contribution in [3.05, 3.63) is 35.5 Å². The molecule has 0 fully saturated rings. The number of aromatic amines is 1. The number of aliphatic hydroxyl groups excluding tert-OH is 1. The summed E-state index contributed by atoms with van der Waals surface area (Å²) in [4.78, 5) is 14.6. The van der Waals surface area contributed by atoms with Gasteiger partial charge in [0, 0.05) is 30.2 Å². The number of carbonyl (C=O) groups excluding carboxylic acids is 1. The number of urea groups is 1. The van der Waals surface area contributed by atoms with Crippen LogP contribution in [0.4, 0.5) is 4.79 Å². The number of para-hydroxylation sites is 1. The number of aromatic nitrogens is 1. The van der Waals surface area contributed by atoms with E-state index in [0.29, 0.717) is 6.54 Å². The number of aryl methyl sites for hydroxylation is 1. The van der Waals surface area contributed by atoms with Gasteiger partial charge in [-0.05, 0) is 24.5 Å². The van der Waals surface area contributed by atoms with Gasteiger partial charge in [-0.25, -0.2) is 4.79 Å². The van der Waals surface area contributed by atoms with E-state index in [0.717, 1.165) is 11.9 Å². The fourth-order valence-corrected chi connectivity index (χ4v) is 2.11. The number of nitrogens with one attached hydrogen (secondary N) is 3. The van der Waals surface area contributed by atoms with Crippen LogP contribution < -0.4 is 10.6 Å². The number of hydrogen-bond donors (Lipinski definition) is 4. The number of benzene rings is 1. The minimum atomic E-state index is -0.245. The molecule has 0 saturated carbocycles. The second-order valence-electron chi connectivity index (χ2n) is 4.47. The third kappa shape index (κ3) is 3.26. The van der Waals surface area contributed by atoms with Crippen LogP contribution in [0.1, 0.15) is 11.1 Å². The fraction of sp³-hybridized carbons (Fsp3) is 0.357. The van der Waals surface area contributed by atoms with Crippen LogP contribution in [0, 0.1) is 6.92 Å². The van der Waals surface area contributed by atoms with Gasteiger partial charge in [0.15, 0.2) is 0 Å². The van der Waals surface area contributed by atoms with Gasteiger partial charge in [-0.2, -0.15) is 0 Å². The maximum atomic E-state index is 11.3. The van der Waals surface area contributed by atoms with Gasteiger partial charge in [0.05, 0.1) is 6.61 Å². The predicted molar refractivity (Wildman–Crippen MR) is 75.2 cm³/mol. The van der Waals surface area contributed by atoms with Crippen LogP contribution in [0.15, 0.2) is 24.4 Å². The lowest BCUT2D eigenvalue weighted by Gasteiger charge is -2.06. The van der Waals surface area contributed by atoms with Crippen molar-refractivity contribution in [1.82, 2.24) is 15.6 Å².